The average molecular weight is 238 g/mol. The summed E-state index contributed by atoms with van der Waals surface area (Å²) in [4.78, 5) is 0. The molecule has 0 aromatic rings. The van der Waals surface area contributed by atoms with Gasteiger partial charge in [-0.15, -0.1) is 0 Å². The summed E-state index contributed by atoms with van der Waals surface area (Å²) in [6, 6.07) is 0. The zero-order valence-corrected chi connectivity index (χ0v) is 9.48. The van der Waals surface area contributed by atoms with Crippen LogP contribution in [0.4, 0.5) is 0 Å². The molecule has 2 rings (SSSR count). The summed E-state index contributed by atoms with van der Waals surface area (Å²) >= 11 is -0.750. The van der Waals surface area contributed by atoms with E-state index in [2.05, 4.69) is 0 Å². The van der Waals surface area contributed by atoms with E-state index >= 15 is 0 Å². The summed E-state index contributed by atoms with van der Waals surface area (Å²) in [5.74, 6) is 0. The van der Waals surface area contributed by atoms with Crippen LogP contribution in [-0.2, 0) is 21.4 Å². The van der Waals surface area contributed by atoms with Crippen LogP contribution in [-0.4, -0.2) is 27.3 Å². The Bertz CT molecular complexity index is 288. The van der Waals surface area contributed by atoms with Gasteiger partial charge in [-0.25, -0.2) is 8.42 Å². The van der Waals surface area contributed by atoms with Gasteiger partial charge in [0.15, 0.2) is 9.84 Å². The maximum atomic E-state index is 11.6. The Labute approximate surface area is 87.6 Å². The zero-order valence-electron chi connectivity index (χ0n) is 7.85. The van der Waals surface area contributed by atoms with Crippen molar-refractivity contribution in [2.24, 2.45) is 0 Å². The van der Waals surface area contributed by atoms with Crippen LogP contribution in [0.3, 0.4) is 0 Å². The van der Waals surface area contributed by atoms with Crippen LogP contribution in [0.15, 0.2) is 0 Å². The highest BCUT2D eigenvalue weighted by Gasteiger charge is 2.39. The molecule has 0 aliphatic heterocycles. The Morgan fingerprint density at radius 1 is 0.857 bits per heavy atom. The topological polar surface area (TPSA) is 68.3 Å². The van der Waals surface area contributed by atoms with Gasteiger partial charge >= 0.3 is 11.6 Å². The predicted octanol–water partition coefficient (Wildman–Crippen LogP) is 0.836. The fraction of sp³-hybridized carbons (Fsp3) is 1.00. The zero-order chi connectivity index (χ0) is 10.6. The average Bonchev–Trinajstić information content (AvgIpc) is 1.75. The molecule has 0 radical (unpaired) electrons. The molecule has 0 saturated heterocycles. The molecule has 14 heavy (non-hydrogen) atoms. The molecule has 0 bridgehead atoms. The molecule has 4 nitrogen and oxygen atoms in total. The Balaban J connectivity index is 0.000000293. The summed E-state index contributed by atoms with van der Waals surface area (Å²) in [6.45, 7) is 0. The normalized spacial score (nSPS) is 22.6. The molecule has 82 valence electrons. The summed E-state index contributed by atoms with van der Waals surface area (Å²) in [5.41, 5.74) is 0. The Kier molecular flexibility index (Phi) is 4.25. The van der Waals surface area contributed by atoms with Crippen molar-refractivity contribution in [3.8, 4) is 0 Å². The highest BCUT2D eigenvalue weighted by molar-refractivity contribution is 7.92. The van der Waals surface area contributed by atoms with Crippen molar-refractivity contribution in [3.63, 3.8) is 0 Å². The van der Waals surface area contributed by atoms with Crippen LogP contribution >= 0.6 is 0 Å². The SMILES string of the molecule is O=S(=O)(C1CCC1)C1CCC1.O=S=O. The molecular formula is C8H14O4S2. The quantitative estimate of drug-likeness (QED) is 0.714. The highest BCUT2D eigenvalue weighted by Crippen LogP contribution is 2.35. The molecule has 0 N–H and O–H groups in total. The molecule has 0 aromatic heterocycles. The first kappa shape index (κ1) is 11.8. The summed E-state index contributed by atoms with van der Waals surface area (Å²) in [7, 11) is -2.67. The molecule has 0 aromatic carbocycles. The molecule has 2 saturated carbocycles. The van der Waals surface area contributed by atoms with Gasteiger partial charge in [0.1, 0.15) is 0 Å². The number of hydrogen-bond acceptors (Lipinski definition) is 4. The lowest BCUT2D eigenvalue weighted by molar-refractivity contribution is 0.432. The Hall–Kier alpha value is -0.230. The second-order valence-electron chi connectivity index (χ2n) is 3.76. The van der Waals surface area contributed by atoms with E-state index in [9.17, 15) is 8.42 Å². The summed E-state index contributed by atoms with van der Waals surface area (Å²) in [6.07, 6.45) is 5.96. The molecule has 6 heteroatoms. The lowest BCUT2D eigenvalue weighted by Crippen LogP contribution is -2.39. The Morgan fingerprint density at radius 3 is 1.29 bits per heavy atom. The van der Waals surface area contributed by atoms with Crippen LogP contribution in [0.25, 0.3) is 0 Å². The van der Waals surface area contributed by atoms with Gasteiger partial charge in [0.25, 0.3) is 0 Å². The van der Waals surface area contributed by atoms with Gasteiger partial charge in [0.05, 0.1) is 10.5 Å². The van der Waals surface area contributed by atoms with Gasteiger partial charge in [-0.1, -0.05) is 12.8 Å². The van der Waals surface area contributed by atoms with Gasteiger partial charge in [-0.2, -0.15) is 8.42 Å². The van der Waals surface area contributed by atoms with Crippen LogP contribution < -0.4 is 0 Å². The number of sulfone groups is 1. The smallest absolute Gasteiger partial charge is 0.228 e. The van der Waals surface area contributed by atoms with Crippen LogP contribution in [0.5, 0.6) is 0 Å². The molecular weight excluding hydrogens is 224 g/mol. The van der Waals surface area contributed by atoms with Crippen molar-refractivity contribution in [2.75, 3.05) is 0 Å². The van der Waals surface area contributed by atoms with Gasteiger partial charge in [0, 0.05) is 0 Å². The van der Waals surface area contributed by atoms with E-state index in [0.29, 0.717) is 0 Å². The maximum absolute atomic E-state index is 11.6. The highest BCUT2D eigenvalue weighted by atomic mass is 32.2. The molecule has 0 heterocycles. The Morgan fingerprint density at radius 2 is 1.14 bits per heavy atom. The fourth-order valence-electron chi connectivity index (χ4n) is 1.67. The molecule has 0 atom stereocenters. The molecule has 2 aliphatic carbocycles. The third-order valence-electron chi connectivity index (χ3n) is 3.03. The van der Waals surface area contributed by atoms with E-state index in [1.807, 2.05) is 0 Å². The standard InChI is InChI=1S/C8H14O2S.O2S/c9-11(10,7-3-1-4-7)8-5-2-6-8;1-3-2/h7-8H,1-6H2;. The molecule has 2 fully saturated rings. The van der Waals surface area contributed by atoms with Gasteiger partial charge in [-0.3, -0.25) is 0 Å². The van der Waals surface area contributed by atoms with Crippen LogP contribution in [0, 0.1) is 0 Å². The van der Waals surface area contributed by atoms with Crippen molar-refractivity contribution >= 4 is 21.4 Å². The molecule has 2 aliphatic rings. The van der Waals surface area contributed by atoms with Crippen LogP contribution in [0.1, 0.15) is 38.5 Å². The lowest BCUT2D eigenvalue weighted by atomic mass is 9.99. The minimum atomic E-state index is -2.67. The third-order valence-corrected chi connectivity index (χ3v) is 5.83. The fourth-order valence-corrected chi connectivity index (χ4v) is 4.20. The minimum absolute atomic E-state index is 0.0489. The molecule has 0 spiro atoms. The minimum Gasteiger partial charge on any atom is -0.228 e. The van der Waals surface area contributed by atoms with Crippen molar-refractivity contribution in [1.29, 1.82) is 0 Å². The van der Waals surface area contributed by atoms with E-state index in [-0.39, 0.29) is 10.5 Å². The van der Waals surface area contributed by atoms with E-state index in [0.717, 1.165) is 38.5 Å². The van der Waals surface area contributed by atoms with Crippen molar-refractivity contribution < 1.29 is 16.8 Å². The monoisotopic (exact) mass is 238 g/mol. The first-order valence-corrected chi connectivity index (χ1v) is 7.05. The second kappa shape index (κ2) is 5.02. The van der Waals surface area contributed by atoms with E-state index in [4.69, 9.17) is 8.42 Å². The molecule has 0 amide bonds. The largest absolute Gasteiger partial charge is 0.335 e. The summed E-state index contributed by atoms with van der Waals surface area (Å²) < 4.78 is 39.8. The molecule has 0 unspecified atom stereocenters. The maximum Gasteiger partial charge on any atom is 0.335 e. The van der Waals surface area contributed by atoms with E-state index < -0.39 is 21.4 Å². The van der Waals surface area contributed by atoms with E-state index in [1.165, 1.54) is 0 Å². The van der Waals surface area contributed by atoms with Crippen molar-refractivity contribution in [3.05, 3.63) is 0 Å². The second-order valence-corrected chi connectivity index (χ2v) is 6.41. The van der Waals surface area contributed by atoms with Crippen LogP contribution in [0.2, 0.25) is 0 Å². The van der Waals surface area contributed by atoms with Crippen molar-refractivity contribution in [1.82, 2.24) is 0 Å². The van der Waals surface area contributed by atoms with Gasteiger partial charge in [0.2, 0.25) is 0 Å². The number of hydrogen-bond donors (Lipinski definition) is 0. The third kappa shape index (κ3) is 2.42. The van der Waals surface area contributed by atoms with Gasteiger partial charge in [-0.05, 0) is 25.7 Å². The summed E-state index contributed by atoms with van der Waals surface area (Å²) in [5, 5.41) is 0.0978. The lowest BCUT2D eigenvalue weighted by Gasteiger charge is -2.33. The van der Waals surface area contributed by atoms with Crippen molar-refractivity contribution in [2.45, 2.75) is 49.0 Å². The first-order chi connectivity index (χ1) is 6.62. The van der Waals surface area contributed by atoms with E-state index in [1.54, 1.807) is 0 Å². The first-order valence-electron chi connectivity index (χ1n) is 4.77. The van der Waals surface area contributed by atoms with Gasteiger partial charge < -0.3 is 0 Å². The predicted molar refractivity (Wildman–Crippen MR) is 53.1 cm³/mol. The number of rotatable bonds is 2.